The fourth-order valence-corrected chi connectivity index (χ4v) is 3.30. The molecule has 76 valence electrons. The molecule has 0 spiro atoms. The lowest BCUT2D eigenvalue weighted by Gasteiger charge is -2.00. The number of hydrogen-bond donors (Lipinski definition) is 0. The molecule has 1 heteroatoms. The zero-order chi connectivity index (χ0) is 10.8. The molecule has 0 amide bonds. The quantitative estimate of drug-likeness (QED) is 0.683. The lowest BCUT2D eigenvalue weighted by molar-refractivity contribution is 1.28. The van der Waals surface area contributed by atoms with Gasteiger partial charge < -0.3 is 0 Å². The summed E-state index contributed by atoms with van der Waals surface area (Å²) in [6.07, 6.45) is 3.48. The number of benzene rings is 2. The first-order chi connectivity index (χ1) is 7.92. The van der Waals surface area contributed by atoms with Gasteiger partial charge in [0.05, 0.1) is 0 Å². The molecule has 0 N–H and O–H groups in total. The fraction of sp³-hybridized carbons (Fsp3) is 0.0667. The molecule has 0 atom stereocenters. The maximum Gasteiger partial charge on any atom is 0.116 e. The highest BCUT2D eigenvalue weighted by Gasteiger charge is 2.12. The van der Waals surface area contributed by atoms with Crippen molar-refractivity contribution < 1.29 is 0 Å². The van der Waals surface area contributed by atoms with E-state index in [9.17, 15) is 0 Å². The van der Waals surface area contributed by atoms with Crippen LogP contribution in [0.3, 0.4) is 0 Å². The van der Waals surface area contributed by atoms with Crippen molar-refractivity contribution in [2.45, 2.75) is 6.42 Å². The van der Waals surface area contributed by atoms with E-state index in [4.69, 9.17) is 0 Å². The van der Waals surface area contributed by atoms with E-state index in [0.29, 0.717) is 0 Å². The van der Waals surface area contributed by atoms with Crippen molar-refractivity contribution in [2.75, 3.05) is 0 Å². The second-order valence-corrected chi connectivity index (χ2v) is 5.51. The monoisotopic (exact) mass is 220 g/mol. The minimum Gasteiger partial charge on any atom is -0.0744 e. The highest BCUT2D eigenvalue weighted by molar-refractivity contribution is 6.62. The Labute approximate surface area is 98.5 Å². The van der Waals surface area contributed by atoms with Crippen molar-refractivity contribution >= 4 is 20.8 Å². The van der Waals surface area contributed by atoms with Gasteiger partial charge in [0.1, 0.15) is 9.52 Å². The minimum absolute atomic E-state index is 0.816. The van der Waals surface area contributed by atoms with E-state index in [2.05, 4.69) is 60.7 Å². The second kappa shape index (κ2) is 4.10. The van der Waals surface area contributed by atoms with E-state index >= 15 is 0 Å². The molecule has 2 aromatic carbocycles. The molecule has 0 aromatic heterocycles. The van der Waals surface area contributed by atoms with E-state index in [0.717, 1.165) is 15.9 Å². The Morgan fingerprint density at radius 3 is 2.38 bits per heavy atom. The Bertz CT molecular complexity index is 526. The fourth-order valence-electron chi connectivity index (χ4n) is 2.07. The SMILES string of the molecule is C1=C([Si]c2ccccc2)Cc2ccccc21. The maximum absolute atomic E-state index is 2.35. The molecule has 0 aliphatic heterocycles. The van der Waals surface area contributed by atoms with Crippen molar-refractivity contribution in [2.24, 2.45) is 0 Å². The highest BCUT2D eigenvalue weighted by Crippen LogP contribution is 2.23. The molecule has 1 aliphatic carbocycles. The highest BCUT2D eigenvalue weighted by atomic mass is 28.2. The zero-order valence-electron chi connectivity index (χ0n) is 8.98. The van der Waals surface area contributed by atoms with Crippen LogP contribution in [-0.2, 0) is 6.42 Å². The van der Waals surface area contributed by atoms with Crippen molar-refractivity contribution in [1.82, 2.24) is 0 Å². The third-order valence-electron chi connectivity index (χ3n) is 2.84. The average Bonchev–Trinajstić information content (AvgIpc) is 2.72. The average molecular weight is 220 g/mol. The van der Waals surface area contributed by atoms with Crippen molar-refractivity contribution in [3.63, 3.8) is 0 Å². The number of fused-ring (bicyclic) bond motifs is 1. The normalized spacial score (nSPS) is 13.4. The van der Waals surface area contributed by atoms with Crippen LogP contribution in [0.5, 0.6) is 0 Å². The first kappa shape index (κ1) is 9.61. The van der Waals surface area contributed by atoms with Gasteiger partial charge in [0.15, 0.2) is 0 Å². The predicted octanol–water partition coefficient (Wildman–Crippen LogP) is 2.61. The van der Waals surface area contributed by atoms with Crippen LogP contribution in [0.4, 0.5) is 0 Å². The number of allylic oxidation sites excluding steroid dienone is 1. The summed E-state index contributed by atoms with van der Waals surface area (Å²) >= 11 is 0. The van der Waals surface area contributed by atoms with E-state index in [-0.39, 0.29) is 0 Å². The zero-order valence-corrected chi connectivity index (χ0v) is 9.98. The van der Waals surface area contributed by atoms with Crippen molar-refractivity contribution in [1.29, 1.82) is 0 Å². The molecule has 2 aromatic rings. The standard InChI is InChI=1S/C15H12Si/c1-2-8-14(9-3-1)16-15-10-12-6-4-5-7-13(12)11-15/h1-10H,11H2. The third kappa shape index (κ3) is 1.86. The molecule has 0 saturated heterocycles. The first-order valence-electron chi connectivity index (χ1n) is 5.52. The van der Waals surface area contributed by atoms with Gasteiger partial charge in [-0.15, -0.1) is 0 Å². The maximum atomic E-state index is 2.35. The Morgan fingerprint density at radius 1 is 0.812 bits per heavy atom. The Morgan fingerprint density at radius 2 is 1.56 bits per heavy atom. The largest absolute Gasteiger partial charge is 0.116 e. The van der Waals surface area contributed by atoms with Gasteiger partial charge in [-0.05, 0) is 17.5 Å². The van der Waals surface area contributed by atoms with Crippen LogP contribution in [0.1, 0.15) is 11.1 Å². The summed E-state index contributed by atoms with van der Waals surface area (Å²) in [5.74, 6) is 0. The smallest absolute Gasteiger partial charge is 0.0744 e. The van der Waals surface area contributed by atoms with Crippen LogP contribution < -0.4 is 5.19 Å². The van der Waals surface area contributed by atoms with Gasteiger partial charge in [0.2, 0.25) is 0 Å². The van der Waals surface area contributed by atoms with Gasteiger partial charge in [-0.2, -0.15) is 0 Å². The van der Waals surface area contributed by atoms with Crippen LogP contribution >= 0.6 is 0 Å². The second-order valence-electron chi connectivity index (χ2n) is 4.04. The summed E-state index contributed by atoms with van der Waals surface area (Å²) in [5, 5.41) is 2.98. The molecule has 1 aliphatic rings. The molecule has 0 saturated carbocycles. The van der Waals surface area contributed by atoms with E-state index in [1.807, 2.05) is 0 Å². The van der Waals surface area contributed by atoms with Gasteiger partial charge in [-0.3, -0.25) is 0 Å². The Balaban J connectivity index is 1.81. The van der Waals surface area contributed by atoms with Crippen LogP contribution in [0, 0.1) is 0 Å². The summed E-state index contributed by atoms with van der Waals surface area (Å²) < 4.78 is 0. The van der Waals surface area contributed by atoms with E-state index in [1.54, 1.807) is 5.20 Å². The summed E-state index contributed by atoms with van der Waals surface area (Å²) in [6.45, 7) is 0. The summed E-state index contributed by atoms with van der Waals surface area (Å²) in [7, 11) is 0.816. The predicted molar refractivity (Wildman–Crippen MR) is 70.0 cm³/mol. The molecule has 2 radical (unpaired) electrons. The lowest BCUT2D eigenvalue weighted by atomic mass is 10.1. The number of hydrogen-bond acceptors (Lipinski definition) is 0. The van der Waals surface area contributed by atoms with E-state index < -0.39 is 0 Å². The first-order valence-corrected chi connectivity index (χ1v) is 6.52. The molecular formula is C15H12Si. The molecule has 3 rings (SSSR count). The number of rotatable bonds is 2. The molecular weight excluding hydrogens is 208 g/mol. The molecule has 0 bridgehead atoms. The van der Waals surface area contributed by atoms with Gasteiger partial charge >= 0.3 is 0 Å². The van der Waals surface area contributed by atoms with Crippen molar-refractivity contribution in [3.8, 4) is 0 Å². The van der Waals surface area contributed by atoms with Crippen LogP contribution in [-0.4, -0.2) is 9.52 Å². The van der Waals surface area contributed by atoms with Crippen LogP contribution in [0.25, 0.3) is 6.08 Å². The topological polar surface area (TPSA) is 0 Å². The van der Waals surface area contributed by atoms with Crippen LogP contribution in [0.2, 0.25) is 0 Å². The molecule has 0 nitrogen and oxygen atoms in total. The van der Waals surface area contributed by atoms with Crippen LogP contribution in [0.15, 0.2) is 59.8 Å². The van der Waals surface area contributed by atoms with Gasteiger partial charge in [0.25, 0.3) is 0 Å². The van der Waals surface area contributed by atoms with Gasteiger partial charge in [-0.25, -0.2) is 0 Å². The molecule has 0 heterocycles. The summed E-state index contributed by atoms with van der Waals surface area (Å²) in [6, 6.07) is 19.4. The third-order valence-corrected chi connectivity index (χ3v) is 4.11. The molecule has 16 heavy (non-hydrogen) atoms. The van der Waals surface area contributed by atoms with Crippen molar-refractivity contribution in [3.05, 3.63) is 70.9 Å². The minimum atomic E-state index is 0.816. The Hall–Kier alpha value is -1.60. The van der Waals surface area contributed by atoms with E-state index in [1.165, 1.54) is 16.3 Å². The summed E-state index contributed by atoms with van der Waals surface area (Å²) in [5.41, 5.74) is 2.88. The lowest BCUT2D eigenvalue weighted by Crippen LogP contribution is -2.15. The molecule has 0 fully saturated rings. The molecule has 0 unspecified atom stereocenters. The Kier molecular flexibility index (Phi) is 2.47. The van der Waals surface area contributed by atoms with Gasteiger partial charge in [-0.1, -0.05) is 71.1 Å². The summed E-state index contributed by atoms with van der Waals surface area (Å²) in [4.78, 5) is 0. The van der Waals surface area contributed by atoms with Gasteiger partial charge in [0, 0.05) is 0 Å².